The zero-order valence-corrected chi connectivity index (χ0v) is 94.2. The molecule has 0 bridgehead atoms. The van der Waals surface area contributed by atoms with Crippen LogP contribution in [-0.2, 0) is 95.6 Å². The molecule has 0 aliphatic rings. The van der Waals surface area contributed by atoms with Gasteiger partial charge < -0.3 is 57.7 Å². The van der Waals surface area contributed by atoms with Crippen LogP contribution in [0.1, 0.15) is 197 Å². The second-order valence-corrected chi connectivity index (χ2v) is 38.3. The Labute approximate surface area is 889 Å². The number of hydrogen-bond acceptors (Lipinski definition) is 27. The van der Waals surface area contributed by atoms with Gasteiger partial charge in [-0.15, -0.1) is 0 Å². The number of aryl methyl sites for hydroxylation is 17. The summed E-state index contributed by atoms with van der Waals surface area (Å²) in [5, 5.41) is 1.31. The molecule has 0 N–H and O–H groups in total. The number of ether oxygens (including phenoxy) is 7. The average molecular weight is 2120 g/mol. The van der Waals surface area contributed by atoms with Crippen molar-refractivity contribution in [1.82, 2.24) is 0 Å². The van der Waals surface area contributed by atoms with E-state index in [9.17, 15) is 41.5 Å². The highest BCUT2D eigenvalue weighted by Gasteiger charge is 2.39. The zero-order valence-electron chi connectivity index (χ0n) is 92.7. The molecule has 5 unspecified atom stereocenters. The quantitative estimate of drug-likeness (QED) is 0.0250. The largest absolute Gasteiger partial charge is 0.496 e. The van der Waals surface area contributed by atoms with E-state index in [-0.39, 0.29) is 102 Å². The first-order valence-electron chi connectivity index (χ1n) is 47.9. The Morgan fingerprint density at radius 2 is 0.520 bits per heavy atom. The highest BCUT2D eigenvalue weighted by molar-refractivity contribution is 6.31. The molecule has 33 heteroatoms. The van der Waals surface area contributed by atoms with Crippen LogP contribution in [0.4, 0.5) is 74.4 Å². The van der Waals surface area contributed by atoms with Crippen molar-refractivity contribution < 1.29 is 123 Å². The Hall–Kier alpha value is -14.7. The van der Waals surface area contributed by atoms with Crippen molar-refractivity contribution in [3.8, 4) is 11.5 Å². The Kier molecular flexibility index (Phi) is 57.4. The first kappa shape index (κ1) is 133. The molecule has 0 saturated heterocycles. The SMILES string of the molecule is COC(=O)C(C)N(c1cc(C)c(C)cc1C)c1cc(C)c(OC)cc1C.COC(=O)C(C)N(c1ccc(Cl)cc1C)c1ccc(Cl)cc1C.COc1c(C)cc(N(c2cc(C)c(C)c(C)c2)C(C(=O)OC(C)C)C(C)C)cc1C.Cc1cc(F)cc(N(c2cc(C)cc(F)c2)C(C(=O)OC(C)C)C(C)C)c1.Cc1cc(N(c2cc(C)c(F)c(C)c2)C(C(=O)OC(C)C)C(C)C)cc(C)c1F.O=C=O.O=C=O.O=C=O.O=C=O.O=C=O. The molecule has 0 aliphatic carbocycles. The minimum absolute atomic E-state index is 0.0564. The van der Waals surface area contributed by atoms with Crippen LogP contribution in [-0.4, -0.2) is 138 Å². The molecule has 10 aromatic rings. The Balaban J connectivity index is 0.000000906. The third-order valence-electron chi connectivity index (χ3n) is 23.4. The van der Waals surface area contributed by atoms with Gasteiger partial charge in [-0.2, -0.15) is 47.9 Å². The van der Waals surface area contributed by atoms with Crippen LogP contribution in [0.25, 0.3) is 0 Å². The first-order valence-corrected chi connectivity index (χ1v) is 48.6. The van der Waals surface area contributed by atoms with Gasteiger partial charge in [0.2, 0.25) is 0 Å². The van der Waals surface area contributed by atoms with Crippen LogP contribution in [0.2, 0.25) is 10.0 Å². The van der Waals surface area contributed by atoms with Gasteiger partial charge in [0.25, 0.3) is 0 Å². The topological polar surface area (TPSA) is 337 Å². The highest BCUT2D eigenvalue weighted by Crippen LogP contribution is 2.44. The van der Waals surface area contributed by atoms with E-state index in [1.165, 1.54) is 66.3 Å². The predicted molar refractivity (Wildman–Crippen MR) is 571 cm³/mol. The fourth-order valence-electron chi connectivity index (χ4n) is 16.6. The lowest BCUT2D eigenvalue weighted by atomic mass is 9.97. The molecule has 0 saturated carbocycles. The summed E-state index contributed by atoms with van der Waals surface area (Å²) in [5.74, 6) is -1.43. The molecule has 0 spiro atoms. The molecule has 150 heavy (non-hydrogen) atoms. The normalized spacial score (nSPS) is 11.2. The van der Waals surface area contributed by atoms with Crippen LogP contribution in [0.15, 0.2) is 146 Å². The first-order chi connectivity index (χ1) is 70.1. The zero-order chi connectivity index (χ0) is 115. The van der Waals surface area contributed by atoms with E-state index >= 15 is 0 Å². The van der Waals surface area contributed by atoms with Crippen LogP contribution < -0.4 is 34.0 Å². The number of esters is 5. The van der Waals surface area contributed by atoms with Gasteiger partial charge in [0.1, 0.15) is 65.0 Å². The van der Waals surface area contributed by atoms with Crippen molar-refractivity contribution in [2.45, 2.75) is 270 Å². The molecule has 5 atom stereocenters. The van der Waals surface area contributed by atoms with Gasteiger partial charge in [-0.25, -0.2) is 41.5 Å². The monoisotopic (exact) mass is 2120 g/mol. The van der Waals surface area contributed by atoms with E-state index in [0.717, 1.165) is 84.6 Å². The Bertz CT molecular complexity index is 6050. The van der Waals surface area contributed by atoms with Gasteiger partial charge in [0, 0.05) is 66.9 Å². The maximum Gasteiger partial charge on any atom is 0.373 e. The van der Waals surface area contributed by atoms with E-state index in [1.54, 1.807) is 125 Å². The molecule has 0 aliphatic heterocycles. The summed E-state index contributed by atoms with van der Waals surface area (Å²) in [7, 11) is 6.18. The maximum atomic E-state index is 14.3. The van der Waals surface area contributed by atoms with Crippen molar-refractivity contribution in [3.05, 3.63) is 279 Å². The van der Waals surface area contributed by atoms with Gasteiger partial charge in [0.15, 0.2) is 0 Å². The lowest BCUT2D eigenvalue weighted by Crippen LogP contribution is -2.44. The fourth-order valence-corrected chi connectivity index (χ4v) is 17.1. The standard InChI is InChI=1S/C26H37NO3.C24H31F2NO2.C22H27F2NO2.C22H29NO3.C18H19Cl2NO2.5CO2/c1-15(2)24(26(28)30-16(3)4)27(22-11-17(5)21(9)18(6)12-22)23-13-19(7)25(29-10)20(8)14-23;1-13(2)23(24(28)29-14(3)4)27(19-9-15(5)21(25)16(6)10-19)20-11-17(7)22(26)18(8)12-20;1-13(2)21(22(26)27-14(3)4)25(19-9-15(5)7-17(23)11-19)20-10-16(6)8-18(24)12-20;1-13-9-15(3)19(10-14(13)2)23(18(6)22(24)26-8)20-11-17(5)21(25-7)12-16(20)4;1-11-9-14(19)5-7-16(11)21(13(3)18(22)23-4)17-8-6-15(20)10-12(17)2;5*2-1-3/h11-16,24H,1-10H3;9-14,23H,1-8H3;7-14,21H,1-6H3;9-12,18H,1-8H3;5-10,13H,1-4H3;;;;;. The predicted octanol–water partition coefficient (Wildman–Crippen LogP) is 25.7. The second-order valence-electron chi connectivity index (χ2n) is 37.5. The number of methoxy groups -OCH3 is 4. The van der Waals surface area contributed by atoms with Crippen LogP contribution in [0, 0.1) is 166 Å². The number of halogens is 6. The molecule has 0 fully saturated rings. The third kappa shape index (κ3) is 39.4. The summed E-state index contributed by atoms with van der Waals surface area (Å²) in [4.78, 5) is 155. The Morgan fingerprint density at radius 1 is 0.267 bits per heavy atom. The molecule has 0 amide bonds. The van der Waals surface area contributed by atoms with Gasteiger partial charge in [-0.05, 0) is 437 Å². The van der Waals surface area contributed by atoms with Gasteiger partial charge in [-0.1, -0.05) is 70.8 Å². The minimum Gasteiger partial charge on any atom is -0.496 e. The third-order valence-corrected chi connectivity index (χ3v) is 23.8. The van der Waals surface area contributed by atoms with Crippen molar-refractivity contribution >= 4 is 141 Å². The number of carbonyl (C=O) groups excluding carboxylic acids is 15. The summed E-state index contributed by atoms with van der Waals surface area (Å²) in [6.45, 7) is 61.4. The smallest absolute Gasteiger partial charge is 0.373 e. The molecular formula is C117H143Cl2F4N5O22. The summed E-state index contributed by atoms with van der Waals surface area (Å²) in [6.07, 6.45) is 0.532. The van der Waals surface area contributed by atoms with Gasteiger partial charge >= 0.3 is 60.6 Å². The van der Waals surface area contributed by atoms with Crippen molar-refractivity contribution in [3.63, 3.8) is 0 Å². The fraction of sp³-hybridized carbons (Fsp3) is 0.402. The molecule has 810 valence electrons. The van der Waals surface area contributed by atoms with Crippen molar-refractivity contribution in [2.24, 2.45) is 17.8 Å². The van der Waals surface area contributed by atoms with E-state index in [0.29, 0.717) is 66.2 Å². The molecule has 10 aromatic carbocycles. The number of rotatable bonds is 28. The van der Waals surface area contributed by atoms with E-state index in [1.807, 2.05) is 149 Å². The number of anilines is 10. The lowest BCUT2D eigenvalue weighted by Gasteiger charge is -2.36. The minimum atomic E-state index is -0.727. The number of carbonyl (C=O) groups is 5. The van der Waals surface area contributed by atoms with Gasteiger partial charge in [0.05, 0.1) is 46.8 Å². The molecule has 0 aromatic heterocycles. The van der Waals surface area contributed by atoms with Gasteiger partial charge in [-0.3, -0.25) is 0 Å². The summed E-state index contributed by atoms with van der Waals surface area (Å²) in [6, 6.07) is 41.3. The molecule has 10 rings (SSSR count). The Morgan fingerprint density at radius 3 is 0.780 bits per heavy atom. The molecule has 27 nitrogen and oxygen atoms in total. The summed E-state index contributed by atoms with van der Waals surface area (Å²) >= 11 is 12.1. The summed E-state index contributed by atoms with van der Waals surface area (Å²) < 4.78 is 94.5. The van der Waals surface area contributed by atoms with Crippen LogP contribution in [0.5, 0.6) is 11.5 Å². The van der Waals surface area contributed by atoms with Crippen LogP contribution in [0.3, 0.4) is 0 Å². The highest BCUT2D eigenvalue weighted by atomic mass is 35.5. The average Bonchev–Trinajstić information content (AvgIpc) is 0.785. The molecule has 0 radical (unpaired) electrons. The molecular weight excluding hydrogens is 1970 g/mol. The number of nitrogens with zero attached hydrogens (tertiary/aromatic N) is 5. The second kappa shape index (κ2) is 64.6. The molecule has 0 heterocycles. The summed E-state index contributed by atoms with van der Waals surface area (Å²) in [5.41, 5.74) is 24.8. The van der Waals surface area contributed by atoms with E-state index < -0.39 is 47.8 Å². The number of hydrogen-bond donors (Lipinski definition) is 0. The lowest BCUT2D eigenvalue weighted by molar-refractivity contribution is -0.193. The van der Waals surface area contributed by atoms with Crippen LogP contribution >= 0.6 is 23.2 Å². The number of benzene rings is 10. The van der Waals surface area contributed by atoms with E-state index in [4.69, 9.17) is 104 Å². The van der Waals surface area contributed by atoms with E-state index in [2.05, 4.69) is 108 Å². The van der Waals surface area contributed by atoms with Crippen molar-refractivity contribution in [1.29, 1.82) is 0 Å². The van der Waals surface area contributed by atoms with Crippen molar-refractivity contribution in [2.75, 3.05) is 52.9 Å². The maximum absolute atomic E-state index is 14.3.